The Morgan fingerprint density at radius 1 is 0.949 bits per heavy atom. The van der Waals surface area contributed by atoms with E-state index in [1.54, 1.807) is 22.8 Å². The molecule has 1 aliphatic carbocycles. The number of ether oxygens (including phenoxy) is 2. The lowest BCUT2D eigenvalue weighted by Crippen LogP contribution is -2.35. The van der Waals surface area contributed by atoms with Crippen LogP contribution >= 0.6 is 11.8 Å². The summed E-state index contributed by atoms with van der Waals surface area (Å²) in [4.78, 5) is 43.6. The van der Waals surface area contributed by atoms with Gasteiger partial charge in [0.05, 0.1) is 16.7 Å². The quantitative estimate of drug-likeness (QED) is 0.250. The molecular weight excluding hydrogens is 516 g/mol. The van der Waals surface area contributed by atoms with Gasteiger partial charge in [0.15, 0.2) is 16.7 Å². The third-order valence-corrected chi connectivity index (χ3v) is 7.83. The second kappa shape index (κ2) is 10.8. The molecule has 2 heterocycles. The molecule has 0 bridgehead atoms. The van der Waals surface area contributed by atoms with E-state index in [0.29, 0.717) is 33.2 Å². The molecule has 1 fully saturated rings. The Bertz CT molecular complexity index is 1620. The number of benzene rings is 3. The van der Waals surface area contributed by atoms with Gasteiger partial charge in [0.2, 0.25) is 12.7 Å². The van der Waals surface area contributed by atoms with Crippen LogP contribution in [0.15, 0.2) is 76.7 Å². The molecule has 6 rings (SSSR count). The molecule has 1 saturated carbocycles. The van der Waals surface area contributed by atoms with Gasteiger partial charge in [-0.15, -0.1) is 0 Å². The first-order valence-corrected chi connectivity index (χ1v) is 13.8. The number of hydrogen-bond acceptors (Lipinski definition) is 7. The first kappa shape index (κ1) is 25.0. The number of nitrogens with zero attached hydrogens (tertiary/aromatic N) is 2. The van der Waals surface area contributed by atoms with E-state index in [1.807, 2.05) is 48.5 Å². The Balaban J connectivity index is 1.20. The lowest BCUT2D eigenvalue weighted by molar-refractivity contribution is -0.117. The minimum absolute atomic E-state index is 0.0367. The minimum Gasteiger partial charge on any atom is -0.454 e. The SMILES string of the molecule is O=C(CSc1nc2ccc(-c3ccccc3)cc2c(=O)n1C1CCCC1)NC(=O)Nc1ccc2c(c1)OCO2. The van der Waals surface area contributed by atoms with Crippen molar-refractivity contribution in [2.45, 2.75) is 36.9 Å². The molecule has 4 aromatic rings. The molecule has 3 aromatic carbocycles. The van der Waals surface area contributed by atoms with E-state index in [-0.39, 0.29) is 24.1 Å². The molecule has 2 N–H and O–H groups in total. The van der Waals surface area contributed by atoms with E-state index in [4.69, 9.17) is 14.5 Å². The molecule has 3 amide bonds. The molecule has 0 saturated heterocycles. The smallest absolute Gasteiger partial charge is 0.325 e. The van der Waals surface area contributed by atoms with Crippen LogP contribution in [0.5, 0.6) is 11.5 Å². The highest BCUT2D eigenvalue weighted by molar-refractivity contribution is 7.99. The van der Waals surface area contributed by atoms with E-state index in [9.17, 15) is 14.4 Å². The molecular formula is C29H26N4O5S. The molecule has 0 atom stereocenters. The number of hydrogen-bond donors (Lipinski definition) is 2. The maximum Gasteiger partial charge on any atom is 0.325 e. The molecule has 10 heteroatoms. The Labute approximate surface area is 228 Å². The zero-order chi connectivity index (χ0) is 26.8. The molecule has 2 aliphatic rings. The number of aromatic nitrogens is 2. The fourth-order valence-electron chi connectivity index (χ4n) is 5.00. The first-order valence-electron chi connectivity index (χ1n) is 12.8. The van der Waals surface area contributed by atoms with Crippen molar-refractivity contribution in [3.8, 4) is 22.6 Å². The van der Waals surface area contributed by atoms with Gasteiger partial charge >= 0.3 is 6.03 Å². The number of imide groups is 1. The highest BCUT2D eigenvalue weighted by Crippen LogP contribution is 2.35. The predicted molar refractivity (Wildman–Crippen MR) is 149 cm³/mol. The topological polar surface area (TPSA) is 112 Å². The summed E-state index contributed by atoms with van der Waals surface area (Å²) in [6.45, 7) is 0.129. The minimum atomic E-state index is -0.660. The molecule has 1 aromatic heterocycles. The van der Waals surface area contributed by atoms with Gasteiger partial charge in [-0.1, -0.05) is 61.0 Å². The summed E-state index contributed by atoms with van der Waals surface area (Å²) in [5.41, 5.74) is 2.93. The fraction of sp³-hybridized carbons (Fsp3) is 0.241. The van der Waals surface area contributed by atoms with Crippen molar-refractivity contribution in [3.63, 3.8) is 0 Å². The second-order valence-electron chi connectivity index (χ2n) is 9.46. The van der Waals surface area contributed by atoms with Gasteiger partial charge in [-0.2, -0.15) is 0 Å². The maximum absolute atomic E-state index is 13.8. The standard InChI is InChI=1S/C29H26N4O5S/c34-26(32-28(36)30-20-11-13-24-25(15-20)38-17-37-24)16-39-29-31-23-12-10-19(18-6-2-1-3-7-18)14-22(23)27(35)33(29)21-8-4-5-9-21/h1-3,6-7,10-15,21H,4-5,8-9,16-17H2,(H2,30,32,34,36). The number of amides is 3. The summed E-state index contributed by atoms with van der Waals surface area (Å²) >= 11 is 1.16. The molecule has 0 unspecified atom stereocenters. The Hall–Kier alpha value is -4.31. The van der Waals surface area contributed by atoms with Crippen molar-refractivity contribution in [1.82, 2.24) is 14.9 Å². The fourth-order valence-corrected chi connectivity index (χ4v) is 5.87. The molecule has 9 nitrogen and oxygen atoms in total. The normalized spacial score (nSPS) is 14.5. The van der Waals surface area contributed by atoms with Crippen LogP contribution in [0.3, 0.4) is 0 Å². The number of thioether (sulfide) groups is 1. The third kappa shape index (κ3) is 5.33. The average molecular weight is 543 g/mol. The van der Waals surface area contributed by atoms with Crippen LogP contribution in [-0.4, -0.2) is 34.0 Å². The molecule has 0 spiro atoms. The Morgan fingerprint density at radius 2 is 1.74 bits per heavy atom. The summed E-state index contributed by atoms with van der Waals surface area (Å²) in [7, 11) is 0. The van der Waals surface area contributed by atoms with Crippen LogP contribution in [0.4, 0.5) is 10.5 Å². The Kier molecular flexibility index (Phi) is 6.93. The average Bonchev–Trinajstić information content (AvgIpc) is 3.64. The molecule has 198 valence electrons. The lowest BCUT2D eigenvalue weighted by atomic mass is 10.0. The highest BCUT2D eigenvalue weighted by Gasteiger charge is 2.24. The van der Waals surface area contributed by atoms with Gasteiger partial charge < -0.3 is 14.8 Å². The van der Waals surface area contributed by atoms with Crippen molar-refractivity contribution in [3.05, 3.63) is 77.1 Å². The zero-order valence-corrected chi connectivity index (χ0v) is 21.8. The van der Waals surface area contributed by atoms with E-state index >= 15 is 0 Å². The summed E-state index contributed by atoms with van der Waals surface area (Å²) in [5, 5.41) is 6.00. The highest BCUT2D eigenvalue weighted by atomic mass is 32.2. The lowest BCUT2D eigenvalue weighted by Gasteiger charge is -2.19. The number of rotatable bonds is 6. The maximum atomic E-state index is 13.8. The van der Waals surface area contributed by atoms with E-state index in [0.717, 1.165) is 48.6 Å². The van der Waals surface area contributed by atoms with Gasteiger partial charge in [-0.05, 0) is 48.2 Å². The van der Waals surface area contributed by atoms with Gasteiger partial charge in [0.25, 0.3) is 5.56 Å². The number of carbonyl (C=O) groups excluding carboxylic acids is 2. The van der Waals surface area contributed by atoms with Crippen LogP contribution in [0.2, 0.25) is 0 Å². The van der Waals surface area contributed by atoms with Gasteiger partial charge in [0, 0.05) is 17.8 Å². The van der Waals surface area contributed by atoms with Crippen LogP contribution < -0.4 is 25.7 Å². The second-order valence-corrected chi connectivity index (χ2v) is 10.4. The molecule has 0 radical (unpaired) electrons. The summed E-state index contributed by atoms with van der Waals surface area (Å²) in [6, 6.07) is 20.0. The molecule has 1 aliphatic heterocycles. The van der Waals surface area contributed by atoms with Crippen molar-refractivity contribution in [2.24, 2.45) is 0 Å². The van der Waals surface area contributed by atoms with Crippen LogP contribution in [0, 0.1) is 0 Å². The summed E-state index contributed by atoms with van der Waals surface area (Å²) in [6.07, 6.45) is 3.87. The Morgan fingerprint density at radius 3 is 2.56 bits per heavy atom. The van der Waals surface area contributed by atoms with Gasteiger partial charge in [0.1, 0.15) is 0 Å². The van der Waals surface area contributed by atoms with E-state index in [2.05, 4.69) is 10.6 Å². The monoisotopic (exact) mass is 542 g/mol. The van der Waals surface area contributed by atoms with Crippen LogP contribution in [0.1, 0.15) is 31.7 Å². The van der Waals surface area contributed by atoms with Crippen molar-refractivity contribution < 1.29 is 19.1 Å². The summed E-state index contributed by atoms with van der Waals surface area (Å²) < 4.78 is 12.3. The van der Waals surface area contributed by atoms with Crippen molar-refractivity contribution >= 4 is 40.3 Å². The van der Waals surface area contributed by atoms with Crippen molar-refractivity contribution in [1.29, 1.82) is 0 Å². The van der Waals surface area contributed by atoms with Gasteiger partial charge in [-0.25, -0.2) is 9.78 Å². The number of fused-ring (bicyclic) bond motifs is 2. The predicted octanol–water partition coefficient (Wildman–Crippen LogP) is 5.35. The first-order chi connectivity index (χ1) is 19.0. The van der Waals surface area contributed by atoms with Crippen LogP contribution in [0.25, 0.3) is 22.0 Å². The largest absolute Gasteiger partial charge is 0.454 e. The number of carbonyl (C=O) groups is 2. The van der Waals surface area contributed by atoms with Crippen molar-refractivity contribution in [2.75, 3.05) is 17.9 Å². The summed E-state index contributed by atoms with van der Waals surface area (Å²) in [5.74, 6) is 0.560. The van der Waals surface area contributed by atoms with Crippen LogP contribution in [-0.2, 0) is 4.79 Å². The molecule has 39 heavy (non-hydrogen) atoms. The number of urea groups is 1. The number of nitrogens with one attached hydrogen (secondary N) is 2. The van der Waals surface area contributed by atoms with Gasteiger partial charge in [-0.3, -0.25) is 19.5 Å². The van der Waals surface area contributed by atoms with E-state index < -0.39 is 11.9 Å². The third-order valence-electron chi connectivity index (χ3n) is 6.88. The van der Waals surface area contributed by atoms with E-state index in [1.165, 1.54) is 0 Å². The number of anilines is 1. The zero-order valence-electron chi connectivity index (χ0n) is 21.0.